The van der Waals surface area contributed by atoms with E-state index in [0.717, 1.165) is 12.8 Å². The largest absolute Gasteiger partial charge is 0.338 e. The molecule has 1 aromatic rings. The molecule has 0 aliphatic rings. The van der Waals surface area contributed by atoms with Crippen LogP contribution in [0.4, 0.5) is 10.5 Å². The second kappa shape index (κ2) is 9.52. The lowest BCUT2D eigenvalue weighted by atomic mass is 10.1. The number of likely N-dealkylation sites (N-methyl/N-ethyl adjacent to an activating group) is 1. The third-order valence-corrected chi connectivity index (χ3v) is 3.11. The molecule has 0 radical (unpaired) electrons. The first kappa shape index (κ1) is 18.6. The number of nitro benzene ring substituents is 1. The van der Waals surface area contributed by atoms with E-state index in [9.17, 15) is 19.7 Å². The minimum Gasteiger partial charge on any atom is -0.338 e. The Bertz CT molecular complexity index is 562. The molecule has 0 spiro atoms. The van der Waals surface area contributed by atoms with Crippen molar-refractivity contribution in [1.29, 1.82) is 0 Å². The number of rotatable bonds is 8. The van der Waals surface area contributed by atoms with Crippen molar-refractivity contribution in [3.63, 3.8) is 0 Å². The average molecular weight is 322 g/mol. The molecule has 0 aliphatic carbocycles. The Kier molecular flexibility index (Phi) is 7.69. The summed E-state index contributed by atoms with van der Waals surface area (Å²) in [6.07, 6.45) is 1.80. The molecule has 8 nitrogen and oxygen atoms in total. The number of amides is 3. The predicted molar refractivity (Wildman–Crippen MR) is 85.9 cm³/mol. The molecule has 23 heavy (non-hydrogen) atoms. The van der Waals surface area contributed by atoms with Crippen LogP contribution in [0.25, 0.3) is 0 Å². The fourth-order valence-corrected chi connectivity index (χ4v) is 2.00. The van der Waals surface area contributed by atoms with Gasteiger partial charge in [0, 0.05) is 24.7 Å². The smallest absolute Gasteiger partial charge is 0.321 e. The number of benzene rings is 1. The Morgan fingerprint density at radius 1 is 1.30 bits per heavy atom. The average Bonchev–Trinajstić information content (AvgIpc) is 2.47. The summed E-state index contributed by atoms with van der Waals surface area (Å²) in [6, 6.07) is 5.84. The van der Waals surface area contributed by atoms with E-state index in [2.05, 4.69) is 10.6 Å². The molecule has 0 bridgehead atoms. The monoisotopic (exact) mass is 322 g/mol. The molecule has 0 atom stereocenters. The second-order valence-corrected chi connectivity index (χ2v) is 5.22. The molecule has 3 amide bonds. The second-order valence-electron chi connectivity index (χ2n) is 5.22. The van der Waals surface area contributed by atoms with Crippen molar-refractivity contribution < 1.29 is 14.5 Å². The Morgan fingerprint density at radius 3 is 2.65 bits per heavy atom. The van der Waals surface area contributed by atoms with E-state index in [-0.39, 0.29) is 18.8 Å². The minimum atomic E-state index is -0.525. The van der Waals surface area contributed by atoms with Crippen LogP contribution in [0.2, 0.25) is 0 Å². The fraction of sp³-hybridized carbons (Fsp3) is 0.467. The van der Waals surface area contributed by atoms with Gasteiger partial charge in [-0.05, 0) is 13.5 Å². The van der Waals surface area contributed by atoms with Crippen molar-refractivity contribution in [2.75, 3.05) is 20.1 Å². The molecule has 0 aromatic heterocycles. The normalized spacial score (nSPS) is 10.4. The highest BCUT2D eigenvalue weighted by Crippen LogP contribution is 2.18. The molecule has 1 aromatic carbocycles. The van der Waals surface area contributed by atoms with E-state index in [1.54, 1.807) is 30.1 Å². The van der Waals surface area contributed by atoms with Crippen molar-refractivity contribution in [2.24, 2.45) is 0 Å². The quantitative estimate of drug-likeness (QED) is 0.430. The number of imide groups is 1. The third-order valence-electron chi connectivity index (χ3n) is 3.11. The van der Waals surface area contributed by atoms with Gasteiger partial charge in [0.25, 0.3) is 5.69 Å². The molecule has 0 fully saturated rings. The third kappa shape index (κ3) is 6.88. The van der Waals surface area contributed by atoms with Gasteiger partial charge in [0.05, 0.1) is 11.5 Å². The van der Waals surface area contributed by atoms with Crippen molar-refractivity contribution in [3.05, 3.63) is 39.9 Å². The summed E-state index contributed by atoms with van der Waals surface area (Å²) in [4.78, 5) is 35.3. The Hall–Kier alpha value is -2.48. The van der Waals surface area contributed by atoms with Crippen LogP contribution in [-0.4, -0.2) is 41.9 Å². The van der Waals surface area contributed by atoms with Gasteiger partial charge in [-0.2, -0.15) is 0 Å². The van der Waals surface area contributed by atoms with Gasteiger partial charge in [0.2, 0.25) is 5.91 Å². The maximum Gasteiger partial charge on any atom is 0.321 e. The number of urea groups is 1. The van der Waals surface area contributed by atoms with Crippen molar-refractivity contribution >= 4 is 17.6 Å². The molecule has 0 saturated carbocycles. The van der Waals surface area contributed by atoms with E-state index in [4.69, 9.17) is 0 Å². The Labute approximate surface area is 135 Å². The summed E-state index contributed by atoms with van der Waals surface area (Å²) in [5.41, 5.74) is 0.525. The number of hydrogen-bond acceptors (Lipinski definition) is 5. The molecule has 0 aliphatic heterocycles. The molecular formula is C15H22N4O4. The van der Waals surface area contributed by atoms with E-state index in [1.807, 2.05) is 6.92 Å². The van der Waals surface area contributed by atoms with Gasteiger partial charge in [0.15, 0.2) is 0 Å². The maximum absolute atomic E-state index is 11.8. The Morgan fingerprint density at radius 2 is 2.00 bits per heavy atom. The molecule has 0 saturated heterocycles. The fourth-order valence-electron chi connectivity index (χ4n) is 2.00. The van der Waals surface area contributed by atoms with Crippen LogP contribution in [0, 0.1) is 10.1 Å². The van der Waals surface area contributed by atoms with Gasteiger partial charge in [-0.25, -0.2) is 4.79 Å². The van der Waals surface area contributed by atoms with E-state index in [0.29, 0.717) is 12.1 Å². The van der Waals surface area contributed by atoms with Gasteiger partial charge in [-0.3, -0.25) is 25.1 Å². The first-order valence-electron chi connectivity index (χ1n) is 7.42. The first-order chi connectivity index (χ1) is 10.9. The number of hydrogen-bond donors (Lipinski definition) is 2. The van der Waals surface area contributed by atoms with Gasteiger partial charge in [0.1, 0.15) is 0 Å². The highest BCUT2D eigenvalue weighted by molar-refractivity contribution is 5.95. The zero-order valence-electron chi connectivity index (χ0n) is 13.4. The predicted octanol–water partition coefficient (Wildman–Crippen LogP) is 1.65. The number of nitrogens with one attached hydrogen (secondary N) is 2. The number of carbonyl (C=O) groups excluding carboxylic acids is 2. The number of nitrogens with zero attached hydrogens (tertiary/aromatic N) is 2. The zero-order valence-corrected chi connectivity index (χ0v) is 13.4. The molecule has 2 N–H and O–H groups in total. The van der Waals surface area contributed by atoms with Gasteiger partial charge < -0.3 is 5.32 Å². The van der Waals surface area contributed by atoms with Crippen LogP contribution in [0.15, 0.2) is 24.3 Å². The molecule has 1 rings (SSSR count). The molecule has 0 heterocycles. The highest BCUT2D eigenvalue weighted by Gasteiger charge is 2.16. The van der Waals surface area contributed by atoms with E-state index < -0.39 is 16.9 Å². The lowest BCUT2D eigenvalue weighted by Gasteiger charge is -2.16. The van der Waals surface area contributed by atoms with Gasteiger partial charge in [-0.1, -0.05) is 31.5 Å². The zero-order chi connectivity index (χ0) is 17.2. The number of para-hydroxylation sites is 1. The summed E-state index contributed by atoms with van der Waals surface area (Å²) in [5, 5.41) is 15.8. The molecule has 8 heteroatoms. The summed E-state index contributed by atoms with van der Waals surface area (Å²) in [5.74, 6) is -0.458. The molecule has 0 unspecified atom stereocenters. The summed E-state index contributed by atoms with van der Waals surface area (Å²) >= 11 is 0. The van der Waals surface area contributed by atoms with Crippen molar-refractivity contribution in [2.45, 2.75) is 26.3 Å². The van der Waals surface area contributed by atoms with E-state index in [1.165, 1.54) is 6.07 Å². The van der Waals surface area contributed by atoms with E-state index >= 15 is 0 Å². The highest BCUT2D eigenvalue weighted by atomic mass is 16.6. The van der Waals surface area contributed by atoms with Crippen LogP contribution in [0.3, 0.4) is 0 Å². The SMILES string of the molecule is CCCCNC(=O)NC(=O)CN(C)Cc1ccccc1[N+](=O)[O-]. The number of unbranched alkanes of at least 4 members (excludes halogenated alkanes) is 1. The lowest BCUT2D eigenvalue weighted by molar-refractivity contribution is -0.385. The number of nitro groups is 1. The van der Waals surface area contributed by atoms with Crippen LogP contribution in [0.1, 0.15) is 25.3 Å². The van der Waals surface area contributed by atoms with Crippen LogP contribution in [0.5, 0.6) is 0 Å². The van der Waals surface area contributed by atoms with Crippen molar-refractivity contribution in [3.8, 4) is 0 Å². The molecular weight excluding hydrogens is 300 g/mol. The first-order valence-corrected chi connectivity index (χ1v) is 7.42. The van der Waals surface area contributed by atoms with Crippen LogP contribution in [-0.2, 0) is 11.3 Å². The number of carbonyl (C=O) groups is 2. The van der Waals surface area contributed by atoms with Crippen molar-refractivity contribution in [1.82, 2.24) is 15.5 Å². The lowest BCUT2D eigenvalue weighted by Crippen LogP contribution is -2.43. The topological polar surface area (TPSA) is 105 Å². The Balaban J connectivity index is 2.47. The summed E-state index contributed by atoms with van der Waals surface area (Å²) in [7, 11) is 1.66. The van der Waals surface area contributed by atoms with Gasteiger partial charge in [-0.15, -0.1) is 0 Å². The van der Waals surface area contributed by atoms with Crippen LogP contribution < -0.4 is 10.6 Å². The standard InChI is InChI=1S/C15H22N4O4/c1-3-4-9-16-15(21)17-14(20)11-18(2)10-12-7-5-6-8-13(12)19(22)23/h5-8H,3-4,9-11H2,1-2H3,(H2,16,17,20,21). The van der Waals surface area contributed by atoms with Crippen LogP contribution >= 0.6 is 0 Å². The molecule has 126 valence electrons. The minimum absolute atomic E-state index is 0.0112. The maximum atomic E-state index is 11.8. The summed E-state index contributed by atoms with van der Waals surface area (Å²) < 4.78 is 0. The van der Waals surface area contributed by atoms with Gasteiger partial charge >= 0.3 is 6.03 Å². The summed E-state index contributed by atoms with van der Waals surface area (Å²) in [6.45, 7) is 2.72.